The zero-order valence-electron chi connectivity index (χ0n) is 22.1. The molecule has 42 heavy (non-hydrogen) atoms. The standard InChI is InChI=1S/C28H23ClF5N3O5/c1-14(2)26-19(12-35-37(26)4-6-42-23-10-17(30)9-21(31)25(23)29)27(40)36-22-7-16(8-24(38)39)18(15-3-5-41-13-15)11-20(22)28(32,33)34/h3,5,7,9-14H,4,6,8H2,1-2H3,(H,36,40)(H,38,39). The van der Waals surface area contributed by atoms with E-state index >= 15 is 0 Å². The van der Waals surface area contributed by atoms with E-state index in [0.29, 0.717) is 11.8 Å². The summed E-state index contributed by atoms with van der Waals surface area (Å²) in [5.74, 6) is -4.67. The average molecular weight is 612 g/mol. The van der Waals surface area contributed by atoms with E-state index in [1.807, 2.05) is 0 Å². The highest BCUT2D eigenvalue weighted by Gasteiger charge is 2.36. The number of anilines is 1. The monoisotopic (exact) mass is 611 g/mol. The summed E-state index contributed by atoms with van der Waals surface area (Å²) in [6.07, 6.45) is -1.92. The van der Waals surface area contributed by atoms with Crippen molar-refractivity contribution in [2.45, 2.75) is 38.9 Å². The lowest BCUT2D eigenvalue weighted by Gasteiger charge is -2.18. The molecule has 2 heterocycles. The van der Waals surface area contributed by atoms with E-state index in [9.17, 15) is 36.6 Å². The number of nitrogens with zero attached hydrogens (tertiary/aromatic N) is 2. The van der Waals surface area contributed by atoms with Crippen molar-refractivity contribution in [3.63, 3.8) is 0 Å². The Morgan fingerprint density at radius 3 is 2.55 bits per heavy atom. The number of nitrogens with one attached hydrogen (secondary N) is 1. The number of hydrogen-bond acceptors (Lipinski definition) is 5. The van der Waals surface area contributed by atoms with Gasteiger partial charge in [-0.3, -0.25) is 14.3 Å². The zero-order chi connectivity index (χ0) is 30.8. The van der Waals surface area contributed by atoms with Crippen LogP contribution in [0.1, 0.15) is 46.9 Å². The predicted molar refractivity (Wildman–Crippen MR) is 142 cm³/mol. The van der Waals surface area contributed by atoms with E-state index in [0.717, 1.165) is 18.2 Å². The first-order valence-electron chi connectivity index (χ1n) is 12.4. The number of alkyl halides is 3. The fourth-order valence-electron chi connectivity index (χ4n) is 4.40. The van der Waals surface area contributed by atoms with Crippen LogP contribution >= 0.6 is 11.6 Å². The molecule has 0 radical (unpaired) electrons. The molecule has 0 bridgehead atoms. The lowest BCUT2D eigenvalue weighted by Crippen LogP contribution is -2.20. The number of ether oxygens (including phenoxy) is 1. The molecule has 4 rings (SSSR count). The van der Waals surface area contributed by atoms with Crippen molar-refractivity contribution in [2.24, 2.45) is 0 Å². The Bertz CT molecular complexity index is 1620. The third-order valence-corrected chi connectivity index (χ3v) is 6.53. The maximum Gasteiger partial charge on any atom is 0.418 e. The van der Waals surface area contributed by atoms with Crippen LogP contribution in [0.3, 0.4) is 0 Å². The molecule has 0 atom stereocenters. The molecule has 2 aromatic carbocycles. The summed E-state index contributed by atoms with van der Waals surface area (Å²) < 4.78 is 81.3. The van der Waals surface area contributed by atoms with Crippen molar-refractivity contribution in [2.75, 3.05) is 11.9 Å². The molecule has 0 saturated carbocycles. The molecular weight excluding hydrogens is 589 g/mol. The molecule has 2 N–H and O–H groups in total. The summed E-state index contributed by atoms with van der Waals surface area (Å²) in [7, 11) is 0. The third-order valence-electron chi connectivity index (χ3n) is 6.16. The first kappa shape index (κ1) is 30.6. The molecule has 0 aliphatic carbocycles. The van der Waals surface area contributed by atoms with E-state index in [4.69, 9.17) is 20.8 Å². The summed E-state index contributed by atoms with van der Waals surface area (Å²) in [6, 6.07) is 4.65. The Kier molecular flexibility index (Phi) is 8.90. The van der Waals surface area contributed by atoms with Crippen LogP contribution in [-0.2, 0) is 23.9 Å². The number of amides is 1. The second-order valence-corrected chi connectivity index (χ2v) is 9.84. The van der Waals surface area contributed by atoms with Crippen LogP contribution in [0.2, 0.25) is 5.02 Å². The lowest BCUT2D eigenvalue weighted by atomic mass is 9.95. The van der Waals surface area contributed by atoms with Crippen LogP contribution in [0.4, 0.5) is 27.6 Å². The molecular formula is C28H23ClF5N3O5. The van der Waals surface area contributed by atoms with Crippen LogP contribution < -0.4 is 10.1 Å². The van der Waals surface area contributed by atoms with Crippen LogP contribution in [0.25, 0.3) is 11.1 Å². The first-order chi connectivity index (χ1) is 19.8. The zero-order valence-corrected chi connectivity index (χ0v) is 22.8. The molecule has 0 spiro atoms. The van der Waals surface area contributed by atoms with Crippen molar-refractivity contribution in [1.82, 2.24) is 9.78 Å². The van der Waals surface area contributed by atoms with Gasteiger partial charge < -0.3 is 19.6 Å². The van der Waals surface area contributed by atoms with Gasteiger partial charge in [0.15, 0.2) is 0 Å². The van der Waals surface area contributed by atoms with Gasteiger partial charge in [0.05, 0.1) is 54.2 Å². The number of aliphatic carboxylic acids is 1. The highest BCUT2D eigenvalue weighted by atomic mass is 35.5. The Balaban J connectivity index is 1.64. The SMILES string of the molecule is CC(C)c1c(C(=O)Nc2cc(CC(=O)O)c(-c3ccoc3)cc2C(F)(F)F)cnn1CCOc1cc(F)cc(F)c1Cl. The summed E-state index contributed by atoms with van der Waals surface area (Å²) >= 11 is 5.81. The third kappa shape index (κ3) is 6.73. The number of halogens is 6. The fourth-order valence-corrected chi connectivity index (χ4v) is 4.57. The minimum absolute atomic E-state index is 0.00517. The molecule has 0 saturated heterocycles. The number of carboxylic acid groups (broad SMARTS) is 1. The molecule has 1 amide bonds. The summed E-state index contributed by atoms with van der Waals surface area (Å²) in [6.45, 7) is 3.31. The smallest absolute Gasteiger partial charge is 0.418 e. The molecule has 0 fully saturated rings. The van der Waals surface area contributed by atoms with Gasteiger partial charge in [0.2, 0.25) is 0 Å². The number of hydrogen-bond donors (Lipinski definition) is 2. The van der Waals surface area contributed by atoms with Crippen molar-refractivity contribution in [1.29, 1.82) is 0 Å². The molecule has 4 aromatic rings. The Labute approximate surface area is 240 Å². The van der Waals surface area contributed by atoms with E-state index in [-0.39, 0.29) is 47.1 Å². The lowest BCUT2D eigenvalue weighted by molar-refractivity contribution is -0.137. The maximum absolute atomic E-state index is 14.1. The van der Waals surface area contributed by atoms with E-state index in [2.05, 4.69) is 10.4 Å². The number of aromatic nitrogens is 2. The highest BCUT2D eigenvalue weighted by Crippen LogP contribution is 2.40. The number of benzene rings is 2. The van der Waals surface area contributed by atoms with E-state index < -0.39 is 52.4 Å². The topological polar surface area (TPSA) is 107 Å². The summed E-state index contributed by atoms with van der Waals surface area (Å²) in [5, 5.41) is 15.4. The molecule has 222 valence electrons. The summed E-state index contributed by atoms with van der Waals surface area (Å²) in [5.41, 5.74) is -1.25. The number of rotatable bonds is 10. The van der Waals surface area contributed by atoms with E-state index in [1.165, 1.54) is 29.5 Å². The molecule has 14 heteroatoms. The van der Waals surface area contributed by atoms with Crippen molar-refractivity contribution < 1.29 is 45.8 Å². The normalized spacial score (nSPS) is 11.6. The fraction of sp³-hybridized carbons (Fsp3) is 0.250. The Hall–Kier alpha value is -4.39. The number of furan rings is 1. The number of carbonyl (C=O) groups is 2. The number of carboxylic acids is 1. The Morgan fingerprint density at radius 2 is 1.93 bits per heavy atom. The second kappa shape index (κ2) is 12.2. The maximum atomic E-state index is 14.1. The molecule has 0 aliphatic heterocycles. The van der Waals surface area contributed by atoms with Gasteiger partial charge >= 0.3 is 12.1 Å². The van der Waals surface area contributed by atoms with Crippen LogP contribution in [-0.4, -0.2) is 33.4 Å². The van der Waals surface area contributed by atoms with E-state index in [1.54, 1.807) is 13.8 Å². The summed E-state index contributed by atoms with van der Waals surface area (Å²) in [4.78, 5) is 24.8. The van der Waals surface area contributed by atoms with Crippen LogP contribution in [0.5, 0.6) is 5.75 Å². The second-order valence-electron chi connectivity index (χ2n) is 9.46. The number of carbonyl (C=O) groups excluding carboxylic acids is 1. The van der Waals surface area contributed by atoms with Gasteiger partial charge in [-0.2, -0.15) is 18.3 Å². The predicted octanol–water partition coefficient (Wildman–Crippen LogP) is 7.18. The van der Waals surface area contributed by atoms with Gasteiger partial charge in [-0.25, -0.2) is 8.78 Å². The van der Waals surface area contributed by atoms with Crippen molar-refractivity contribution >= 4 is 29.2 Å². The van der Waals surface area contributed by atoms with Gasteiger partial charge in [0.25, 0.3) is 5.91 Å². The van der Waals surface area contributed by atoms with Gasteiger partial charge in [0.1, 0.15) is 29.0 Å². The molecule has 2 aromatic heterocycles. The average Bonchev–Trinajstić information content (AvgIpc) is 3.56. The van der Waals surface area contributed by atoms with Crippen molar-refractivity contribution in [3.05, 3.63) is 88.1 Å². The minimum Gasteiger partial charge on any atom is -0.490 e. The first-order valence-corrected chi connectivity index (χ1v) is 12.8. The Morgan fingerprint density at radius 1 is 1.19 bits per heavy atom. The molecule has 0 unspecified atom stereocenters. The van der Waals surface area contributed by atoms with Gasteiger partial charge in [0, 0.05) is 17.7 Å². The minimum atomic E-state index is -4.90. The largest absolute Gasteiger partial charge is 0.490 e. The van der Waals surface area contributed by atoms with Crippen LogP contribution in [0.15, 0.2) is 53.5 Å². The van der Waals surface area contributed by atoms with Gasteiger partial charge in [-0.15, -0.1) is 0 Å². The highest BCUT2D eigenvalue weighted by molar-refractivity contribution is 6.32. The van der Waals surface area contributed by atoms with Gasteiger partial charge in [-0.1, -0.05) is 25.4 Å². The van der Waals surface area contributed by atoms with Crippen LogP contribution in [0, 0.1) is 11.6 Å². The molecule has 0 aliphatic rings. The quantitative estimate of drug-likeness (QED) is 0.145. The van der Waals surface area contributed by atoms with Gasteiger partial charge in [-0.05, 0) is 35.2 Å². The molecule has 8 nitrogen and oxygen atoms in total. The van der Waals surface area contributed by atoms with Crippen molar-refractivity contribution in [3.8, 4) is 16.9 Å².